The van der Waals surface area contributed by atoms with Gasteiger partial charge in [0.05, 0.1) is 11.5 Å². The van der Waals surface area contributed by atoms with Crippen molar-refractivity contribution < 1.29 is 14.8 Å². The van der Waals surface area contributed by atoms with Crippen LogP contribution in [0.3, 0.4) is 0 Å². The molecule has 1 aliphatic rings. The van der Waals surface area contributed by atoms with Gasteiger partial charge in [-0.3, -0.25) is 19.8 Å². The molecule has 0 bridgehead atoms. The SMILES string of the molecule is O=C(CN1CCCC(CO)C1)Nc1ccc([N+](=O)[O-])cc1. The maximum absolute atomic E-state index is 11.9. The number of nitrogens with one attached hydrogen (secondary N) is 1. The molecule has 2 N–H and O–H groups in total. The number of nitro benzene ring substituents is 1. The fraction of sp³-hybridized carbons (Fsp3) is 0.500. The smallest absolute Gasteiger partial charge is 0.269 e. The number of anilines is 1. The highest BCUT2D eigenvalue weighted by Gasteiger charge is 2.20. The van der Waals surface area contributed by atoms with E-state index in [2.05, 4.69) is 5.32 Å². The maximum atomic E-state index is 11.9. The number of carbonyl (C=O) groups excluding carboxylic acids is 1. The molecule has 1 saturated heterocycles. The van der Waals surface area contributed by atoms with Crippen molar-refractivity contribution in [3.8, 4) is 0 Å². The fourth-order valence-corrected chi connectivity index (χ4v) is 2.51. The van der Waals surface area contributed by atoms with Crippen molar-refractivity contribution in [2.45, 2.75) is 12.8 Å². The van der Waals surface area contributed by atoms with E-state index in [1.54, 1.807) is 0 Å². The van der Waals surface area contributed by atoms with Crippen LogP contribution >= 0.6 is 0 Å². The third-order valence-corrected chi connectivity index (χ3v) is 3.59. The van der Waals surface area contributed by atoms with E-state index in [4.69, 9.17) is 5.11 Å². The summed E-state index contributed by atoms with van der Waals surface area (Å²) in [6, 6.07) is 5.75. The Hall–Kier alpha value is -1.99. The van der Waals surface area contributed by atoms with E-state index in [1.165, 1.54) is 24.3 Å². The number of benzene rings is 1. The first kappa shape index (κ1) is 15.4. The summed E-state index contributed by atoms with van der Waals surface area (Å²) in [5.74, 6) is 0.0911. The summed E-state index contributed by atoms with van der Waals surface area (Å²) >= 11 is 0. The molecule has 1 amide bonds. The zero-order chi connectivity index (χ0) is 15.2. The van der Waals surface area contributed by atoms with E-state index in [1.807, 2.05) is 4.90 Å². The van der Waals surface area contributed by atoms with Crippen LogP contribution in [0.5, 0.6) is 0 Å². The van der Waals surface area contributed by atoms with Gasteiger partial charge in [0.2, 0.25) is 5.91 Å². The van der Waals surface area contributed by atoms with Crippen LogP contribution in [0, 0.1) is 16.0 Å². The zero-order valence-corrected chi connectivity index (χ0v) is 11.7. The Balaban J connectivity index is 1.85. The molecule has 0 radical (unpaired) electrons. The van der Waals surface area contributed by atoms with E-state index in [9.17, 15) is 14.9 Å². The topological polar surface area (TPSA) is 95.7 Å². The molecule has 1 aromatic carbocycles. The lowest BCUT2D eigenvalue weighted by Gasteiger charge is -2.31. The number of hydrogen-bond acceptors (Lipinski definition) is 5. The molecule has 1 unspecified atom stereocenters. The van der Waals surface area contributed by atoms with Crippen LogP contribution < -0.4 is 5.32 Å². The van der Waals surface area contributed by atoms with Gasteiger partial charge < -0.3 is 10.4 Å². The Bertz CT molecular complexity index is 503. The van der Waals surface area contributed by atoms with Crippen LogP contribution in [0.4, 0.5) is 11.4 Å². The van der Waals surface area contributed by atoms with Gasteiger partial charge in [-0.1, -0.05) is 0 Å². The summed E-state index contributed by atoms with van der Waals surface area (Å²) in [5, 5.41) is 22.4. The Kier molecular flexibility index (Phi) is 5.24. The molecule has 7 nitrogen and oxygen atoms in total. The predicted octanol–water partition coefficient (Wildman–Crippen LogP) is 1.24. The van der Waals surface area contributed by atoms with Crippen molar-refractivity contribution in [2.75, 3.05) is 31.6 Å². The Morgan fingerprint density at radius 1 is 1.43 bits per heavy atom. The first-order valence-electron chi connectivity index (χ1n) is 6.96. The maximum Gasteiger partial charge on any atom is 0.269 e. The molecule has 2 rings (SSSR count). The third-order valence-electron chi connectivity index (χ3n) is 3.59. The Morgan fingerprint density at radius 3 is 2.76 bits per heavy atom. The molecule has 1 aliphatic heterocycles. The highest BCUT2D eigenvalue weighted by molar-refractivity contribution is 5.92. The summed E-state index contributed by atoms with van der Waals surface area (Å²) in [4.78, 5) is 24.0. The highest BCUT2D eigenvalue weighted by Crippen LogP contribution is 2.17. The molecule has 114 valence electrons. The summed E-state index contributed by atoms with van der Waals surface area (Å²) in [6.07, 6.45) is 1.98. The lowest BCUT2D eigenvalue weighted by molar-refractivity contribution is -0.384. The van der Waals surface area contributed by atoms with Crippen LogP contribution in [0.1, 0.15) is 12.8 Å². The number of nitro groups is 1. The van der Waals surface area contributed by atoms with E-state index in [0.717, 1.165) is 25.9 Å². The number of rotatable bonds is 5. The summed E-state index contributed by atoms with van der Waals surface area (Å²) < 4.78 is 0. The molecule has 0 aromatic heterocycles. The molecule has 7 heteroatoms. The molecule has 1 fully saturated rings. The molecule has 0 saturated carbocycles. The minimum Gasteiger partial charge on any atom is -0.396 e. The second-order valence-electron chi connectivity index (χ2n) is 5.28. The summed E-state index contributed by atoms with van der Waals surface area (Å²) in [7, 11) is 0. The fourth-order valence-electron chi connectivity index (χ4n) is 2.51. The van der Waals surface area contributed by atoms with Gasteiger partial charge in [-0.05, 0) is 37.4 Å². The standard InChI is InChI=1S/C14H19N3O4/c18-10-11-2-1-7-16(8-11)9-14(19)15-12-3-5-13(6-4-12)17(20)21/h3-6,11,18H,1-2,7-10H2,(H,15,19). The first-order valence-corrected chi connectivity index (χ1v) is 6.96. The van der Waals surface area contributed by atoms with Gasteiger partial charge >= 0.3 is 0 Å². The van der Waals surface area contributed by atoms with E-state index in [0.29, 0.717) is 5.69 Å². The average Bonchev–Trinajstić information content (AvgIpc) is 2.47. The van der Waals surface area contributed by atoms with Crippen LogP contribution in [-0.4, -0.2) is 47.1 Å². The summed E-state index contributed by atoms with van der Waals surface area (Å²) in [6.45, 7) is 2.00. The number of non-ortho nitro benzene ring substituents is 1. The van der Waals surface area contributed by atoms with Crippen molar-refractivity contribution in [1.29, 1.82) is 0 Å². The van der Waals surface area contributed by atoms with Gasteiger partial charge in [-0.25, -0.2) is 0 Å². The number of hydrogen-bond donors (Lipinski definition) is 2. The normalized spacial score (nSPS) is 19.2. The van der Waals surface area contributed by atoms with E-state index >= 15 is 0 Å². The van der Waals surface area contributed by atoms with Crippen molar-refractivity contribution in [3.63, 3.8) is 0 Å². The van der Waals surface area contributed by atoms with Gasteiger partial charge in [-0.15, -0.1) is 0 Å². The molecule has 21 heavy (non-hydrogen) atoms. The van der Waals surface area contributed by atoms with Gasteiger partial charge in [0, 0.05) is 31.0 Å². The Labute approximate surface area is 122 Å². The largest absolute Gasteiger partial charge is 0.396 e. The van der Waals surface area contributed by atoms with Crippen LogP contribution in [-0.2, 0) is 4.79 Å². The van der Waals surface area contributed by atoms with Crippen molar-refractivity contribution >= 4 is 17.3 Å². The van der Waals surface area contributed by atoms with Gasteiger partial charge in [0.1, 0.15) is 0 Å². The number of amides is 1. The second-order valence-corrected chi connectivity index (χ2v) is 5.28. The van der Waals surface area contributed by atoms with Crippen LogP contribution in [0.2, 0.25) is 0 Å². The van der Waals surface area contributed by atoms with Gasteiger partial charge in [0.25, 0.3) is 5.69 Å². The van der Waals surface area contributed by atoms with Crippen molar-refractivity contribution in [2.24, 2.45) is 5.92 Å². The highest BCUT2D eigenvalue weighted by atomic mass is 16.6. The molecular weight excluding hydrogens is 274 g/mol. The molecule has 0 aliphatic carbocycles. The van der Waals surface area contributed by atoms with Crippen molar-refractivity contribution in [1.82, 2.24) is 4.90 Å². The Morgan fingerprint density at radius 2 is 2.14 bits per heavy atom. The quantitative estimate of drug-likeness (QED) is 0.629. The number of aliphatic hydroxyl groups excluding tert-OH is 1. The second kappa shape index (κ2) is 7.14. The minimum absolute atomic E-state index is 0.00480. The third kappa shape index (κ3) is 4.51. The van der Waals surface area contributed by atoms with Crippen LogP contribution in [0.25, 0.3) is 0 Å². The van der Waals surface area contributed by atoms with Crippen LogP contribution in [0.15, 0.2) is 24.3 Å². The monoisotopic (exact) mass is 293 g/mol. The zero-order valence-electron chi connectivity index (χ0n) is 11.7. The number of likely N-dealkylation sites (tertiary alicyclic amines) is 1. The van der Waals surface area contributed by atoms with Gasteiger partial charge in [0.15, 0.2) is 0 Å². The molecule has 0 spiro atoms. The number of carbonyl (C=O) groups is 1. The first-order chi connectivity index (χ1) is 10.1. The molecule has 1 heterocycles. The van der Waals surface area contributed by atoms with Gasteiger partial charge in [-0.2, -0.15) is 0 Å². The lowest BCUT2D eigenvalue weighted by atomic mass is 9.99. The molecule has 1 atom stereocenters. The van der Waals surface area contributed by atoms with E-state index < -0.39 is 4.92 Å². The number of nitrogens with zero attached hydrogens (tertiary/aromatic N) is 2. The molecule has 1 aromatic rings. The minimum atomic E-state index is -0.478. The lowest BCUT2D eigenvalue weighted by Crippen LogP contribution is -2.41. The average molecular weight is 293 g/mol. The molecular formula is C14H19N3O4. The number of aliphatic hydroxyl groups is 1. The number of piperidine rings is 1. The predicted molar refractivity (Wildman–Crippen MR) is 78.0 cm³/mol. The van der Waals surface area contributed by atoms with Crippen molar-refractivity contribution in [3.05, 3.63) is 34.4 Å². The van der Waals surface area contributed by atoms with E-state index in [-0.39, 0.29) is 30.7 Å². The summed E-state index contributed by atoms with van der Waals surface area (Å²) in [5.41, 5.74) is 0.538.